The van der Waals surface area contributed by atoms with Crippen LogP contribution in [0.25, 0.3) is 10.6 Å². The number of aryl methyl sites for hydroxylation is 1. The molecule has 10 heteroatoms. The van der Waals surface area contributed by atoms with Crippen LogP contribution in [-0.2, 0) is 11.8 Å². The third-order valence-electron chi connectivity index (χ3n) is 3.07. The van der Waals surface area contributed by atoms with E-state index >= 15 is 0 Å². The molecular weight excluding hydrogens is 368 g/mol. The standard InChI is InChI=1S/C14H13ClN6OS2/c1-8(23-14-20-16-7-21(14)2)11(22)17-13-19-18-12(24-13)9-3-5-10(15)6-4-9/h3-8H,1-2H3,(H,17,19,22)/t8-/m1/s1. The van der Waals surface area contributed by atoms with Gasteiger partial charge < -0.3 is 4.57 Å². The highest BCUT2D eigenvalue weighted by Gasteiger charge is 2.19. The van der Waals surface area contributed by atoms with Crippen molar-refractivity contribution in [3.05, 3.63) is 35.6 Å². The predicted molar refractivity (Wildman–Crippen MR) is 95.3 cm³/mol. The second-order valence-corrected chi connectivity index (χ2v) is 7.61. The normalized spacial score (nSPS) is 12.1. The van der Waals surface area contributed by atoms with Gasteiger partial charge in [-0.05, 0) is 19.1 Å². The number of carbonyl (C=O) groups excluding carboxylic acids is 1. The predicted octanol–water partition coefficient (Wildman–Crippen LogP) is 3.11. The number of carbonyl (C=O) groups is 1. The van der Waals surface area contributed by atoms with Crippen LogP contribution in [0.3, 0.4) is 0 Å². The molecule has 0 saturated heterocycles. The number of anilines is 1. The van der Waals surface area contributed by atoms with Crippen LogP contribution in [0.5, 0.6) is 0 Å². The lowest BCUT2D eigenvalue weighted by Gasteiger charge is -2.08. The fourth-order valence-corrected chi connectivity index (χ4v) is 3.45. The lowest BCUT2D eigenvalue weighted by molar-refractivity contribution is -0.115. The molecule has 124 valence electrons. The minimum absolute atomic E-state index is 0.165. The molecule has 0 aliphatic rings. The van der Waals surface area contributed by atoms with E-state index in [-0.39, 0.29) is 11.2 Å². The van der Waals surface area contributed by atoms with E-state index < -0.39 is 0 Å². The molecule has 0 spiro atoms. The third kappa shape index (κ3) is 3.92. The van der Waals surface area contributed by atoms with Crippen molar-refractivity contribution in [1.29, 1.82) is 0 Å². The fourth-order valence-electron chi connectivity index (χ4n) is 1.78. The number of halogens is 1. The molecule has 0 radical (unpaired) electrons. The highest BCUT2D eigenvalue weighted by molar-refractivity contribution is 8.00. The Morgan fingerprint density at radius 3 is 2.71 bits per heavy atom. The average Bonchev–Trinajstić information content (AvgIpc) is 3.18. The van der Waals surface area contributed by atoms with Crippen LogP contribution in [0, 0.1) is 0 Å². The van der Waals surface area contributed by atoms with E-state index in [9.17, 15) is 4.79 Å². The Balaban J connectivity index is 1.64. The summed E-state index contributed by atoms with van der Waals surface area (Å²) in [5.41, 5.74) is 0.902. The van der Waals surface area contributed by atoms with E-state index in [0.717, 1.165) is 10.6 Å². The first-order valence-electron chi connectivity index (χ1n) is 6.94. The molecule has 0 aliphatic carbocycles. The first-order valence-corrected chi connectivity index (χ1v) is 9.01. The molecular formula is C14H13ClN6OS2. The number of rotatable bonds is 5. The molecule has 1 N–H and O–H groups in total. The lowest BCUT2D eigenvalue weighted by Crippen LogP contribution is -2.22. The van der Waals surface area contributed by atoms with Crippen LogP contribution < -0.4 is 5.32 Å². The summed E-state index contributed by atoms with van der Waals surface area (Å²) in [7, 11) is 1.83. The quantitative estimate of drug-likeness (QED) is 0.684. The van der Waals surface area contributed by atoms with E-state index in [1.165, 1.54) is 23.1 Å². The van der Waals surface area contributed by atoms with Gasteiger partial charge in [0.2, 0.25) is 11.0 Å². The summed E-state index contributed by atoms with van der Waals surface area (Å²) in [6, 6.07) is 7.30. The molecule has 0 bridgehead atoms. The minimum atomic E-state index is -0.337. The number of amides is 1. The van der Waals surface area contributed by atoms with Crippen molar-refractivity contribution in [3.8, 4) is 10.6 Å². The number of aromatic nitrogens is 5. The van der Waals surface area contributed by atoms with E-state index in [2.05, 4.69) is 25.7 Å². The maximum atomic E-state index is 12.3. The molecule has 1 aromatic carbocycles. The van der Waals surface area contributed by atoms with Gasteiger partial charge in [0.1, 0.15) is 11.3 Å². The van der Waals surface area contributed by atoms with Crippen molar-refractivity contribution in [2.45, 2.75) is 17.3 Å². The smallest absolute Gasteiger partial charge is 0.239 e. The Bertz CT molecular complexity index is 847. The highest BCUT2D eigenvalue weighted by atomic mass is 35.5. The van der Waals surface area contributed by atoms with Crippen LogP contribution in [-0.4, -0.2) is 36.1 Å². The molecule has 1 atom stereocenters. The Morgan fingerprint density at radius 2 is 2.04 bits per heavy atom. The van der Waals surface area contributed by atoms with E-state index in [1.807, 2.05) is 19.2 Å². The van der Waals surface area contributed by atoms with Gasteiger partial charge in [-0.2, -0.15) is 0 Å². The van der Waals surface area contributed by atoms with Crippen molar-refractivity contribution < 1.29 is 4.79 Å². The fraction of sp³-hybridized carbons (Fsp3) is 0.214. The molecule has 24 heavy (non-hydrogen) atoms. The summed E-state index contributed by atoms with van der Waals surface area (Å²) in [5.74, 6) is -0.165. The van der Waals surface area contributed by atoms with E-state index in [1.54, 1.807) is 30.0 Å². The van der Waals surface area contributed by atoms with Gasteiger partial charge in [-0.1, -0.05) is 46.8 Å². The summed E-state index contributed by atoms with van der Waals surface area (Å²) in [4.78, 5) is 12.3. The maximum absolute atomic E-state index is 12.3. The highest BCUT2D eigenvalue weighted by Crippen LogP contribution is 2.28. The van der Waals surface area contributed by atoms with Gasteiger partial charge in [0.25, 0.3) is 0 Å². The monoisotopic (exact) mass is 380 g/mol. The first kappa shape index (κ1) is 16.9. The number of hydrogen-bond acceptors (Lipinski definition) is 7. The molecule has 2 aromatic heterocycles. The lowest BCUT2D eigenvalue weighted by atomic mass is 10.2. The van der Waals surface area contributed by atoms with Gasteiger partial charge in [0.05, 0.1) is 5.25 Å². The second-order valence-electron chi connectivity index (χ2n) is 4.89. The van der Waals surface area contributed by atoms with Crippen LogP contribution in [0.2, 0.25) is 5.02 Å². The van der Waals surface area contributed by atoms with Gasteiger partial charge in [-0.15, -0.1) is 20.4 Å². The van der Waals surface area contributed by atoms with Crippen LogP contribution in [0.15, 0.2) is 35.7 Å². The van der Waals surface area contributed by atoms with Gasteiger partial charge in [-0.25, -0.2) is 0 Å². The summed E-state index contributed by atoms with van der Waals surface area (Å²) in [5, 5.41) is 20.8. The molecule has 0 aliphatic heterocycles. The first-order chi connectivity index (χ1) is 11.5. The van der Waals surface area contributed by atoms with Gasteiger partial charge in [0, 0.05) is 17.6 Å². The summed E-state index contributed by atoms with van der Waals surface area (Å²) in [6.07, 6.45) is 1.59. The van der Waals surface area contributed by atoms with Gasteiger partial charge >= 0.3 is 0 Å². The molecule has 1 amide bonds. The third-order valence-corrected chi connectivity index (χ3v) is 5.36. The molecule has 0 fully saturated rings. The van der Waals surface area contributed by atoms with Crippen molar-refractivity contribution in [2.75, 3.05) is 5.32 Å². The SMILES string of the molecule is C[C@@H](Sc1nncn1C)C(=O)Nc1nnc(-c2ccc(Cl)cc2)s1. The molecule has 0 saturated carbocycles. The van der Waals surface area contributed by atoms with E-state index in [4.69, 9.17) is 11.6 Å². The average molecular weight is 381 g/mol. The van der Waals surface area contributed by atoms with Crippen molar-refractivity contribution in [3.63, 3.8) is 0 Å². The Kier molecular flexibility index (Phi) is 5.12. The summed E-state index contributed by atoms with van der Waals surface area (Å²) >= 11 is 8.51. The molecule has 3 aromatic rings. The molecule has 0 unspecified atom stereocenters. The number of nitrogens with zero attached hydrogens (tertiary/aromatic N) is 5. The second kappa shape index (κ2) is 7.29. The zero-order valence-corrected chi connectivity index (χ0v) is 15.2. The van der Waals surface area contributed by atoms with Crippen molar-refractivity contribution in [2.24, 2.45) is 7.05 Å². The van der Waals surface area contributed by atoms with Gasteiger partial charge in [0.15, 0.2) is 5.16 Å². The zero-order chi connectivity index (χ0) is 17.1. The zero-order valence-electron chi connectivity index (χ0n) is 12.8. The van der Waals surface area contributed by atoms with Crippen LogP contribution in [0.4, 0.5) is 5.13 Å². The Hall–Kier alpha value is -1.97. The Labute approximate surface area is 151 Å². The number of thioether (sulfide) groups is 1. The largest absolute Gasteiger partial charge is 0.312 e. The topological polar surface area (TPSA) is 85.6 Å². The van der Waals surface area contributed by atoms with Crippen LogP contribution in [0.1, 0.15) is 6.92 Å². The van der Waals surface area contributed by atoms with Gasteiger partial charge in [-0.3, -0.25) is 10.1 Å². The minimum Gasteiger partial charge on any atom is -0.312 e. The van der Waals surface area contributed by atoms with Crippen molar-refractivity contribution >= 4 is 45.7 Å². The molecule has 7 nitrogen and oxygen atoms in total. The number of hydrogen-bond donors (Lipinski definition) is 1. The van der Waals surface area contributed by atoms with Crippen molar-refractivity contribution in [1.82, 2.24) is 25.0 Å². The van der Waals surface area contributed by atoms with E-state index in [0.29, 0.717) is 15.3 Å². The number of nitrogens with one attached hydrogen (secondary N) is 1. The number of benzene rings is 1. The molecule has 3 rings (SSSR count). The maximum Gasteiger partial charge on any atom is 0.239 e. The Morgan fingerprint density at radius 1 is 1.29 bits per heavy atom. The summed E-state index contributed by atoms with van der Waals surface area (Å²) in [6.45, 7) is 1.80. The van der Waals surface area contributed by atoms with Crippen LogP contribution >= 0.6 is 34.7 Å². The molecule has 2 heterocycles. The summed E-state index contributed by atoms with van der Waals surface area (Å²) < 4.78 is 1.76.